The van der Waals surface area contributed by atoms with E-state index in [1.807, 2.05) is 43.3 Å². The Balaban J connectivity index is 2.13. The number of benzene rings is 2. The molecule has 0 aliphatic carbocycles. The molecule has 16 heavy (non-hydrogen) atoms. The van der Waals surface area contributed by atoms with Crippen LogP contribution in [0.3, 0.4) is 0 Å². The third-order valence-electron chi connectivity index (χ3n) is 2.45. The molecule has 0 fully saturated rings. The molecule has 1 atom stereocenters. The predicted octanol–water partition coefficient (Wildman–Crippen LogP) is 3.62. The second kappa shape index (κ2) is 4.97. The standard InChI is InChI=1S/C14H14FO/c1-11(9-15)10-16-14-7-6-12-4-2-3-5-13(12)8-14/h2,4-8,11H,9-10H2,1H3. The second-order valence-electron chi connectivity index (χ2n) is 4.01. The molecule has 2 rings (SSSR count). The van der Waals surface area contributed by atoms with Gasteiger partial charge in [-0.25, -0.2) is 0 Å². The zero-order valence-electron chi connectivity index (χ0n) is 9.24. The Morgan fingerprint density at radius 3 is 3.00 bits per heavy atom. The van der Waals surface area contributed by atoms with E-state index in [2.05, 4.69) is 6.07 Å². The van der Waals surface area contributed by atoms with Gasteiger partial charge in [0, 0.05) is 5.92 Å². The summed E-state index contributed by atoms with van der Waals surface area (Å²) in [6, 6.07) is 14.7. The lowest BCUT2D eigenvalue weighted by Crippen LogP contribution is -2.09. The highest BCUT2D eigenvalue weighted by Crippen LogP contribution is 2.20. The molecule has 0 bridgehead atoms. The molecule has 0 aromatic heterocycles. The van der Waals surface area contributed by atoms with Crippen LogP contribution in [-0.4, -0.2) is 13.3 Å². The van der Waals surface area contributed by atoms with E-state index in [4.69, 9.17) is 4.74 Å². The van der Waals surface area contributed by atoms with Gasteiger partial charge in [0.15, 0.2) is 0 Å². The molecule has 0 heterocycles. The number of fused-ring (bicyclic) bond motifs is 1. The maximum absolute atomic E-state index is 12.3. The number of hydrogen-bond acceptors (Lipinski definition) is 1. The van der Waals surface area contributed by atoms with Crippen LogP contribution in [0.1, 0.15) is 6.92 Å². The monoisotopic (exact) mass is 217 g/mol. The fraction of sp³-hybridized carbons (Fsp3) is 0.286. The van der Waals surface area contributed by atoms with Crippen LogP contribution in [-0.2, 0) is 0 Å². The van der Waals surface area contributed by atoms with Crippen molar-refractivity contribution in [1.82, 2.24) is 0 Å². The molecule has 2 heteroatoms. The van der Waals surface area contributed by atoms with Crippen molar-refractivity contribution in [2.24, 2.45) is 5.92 Å². The van der Waals surface area contributed by atoms with Crippen molar-refractivity contribution in [3.63, 3.8) is 0 Å². The van der Waals surface area contributed by atoms with Crippen molar-refractivity contribution < 1.29 is 9.13 Å². The molecule has 1 radical (unpaired) electrons. The van der Waals surface area contributed by atoms with Crippen LogP contribution in [0.25, 0.3) is 10.8 Å². The first kappa shape index (κ1) is 10.9. The Bertz CT molecular complexity index is 467. The van der Waals surface area contributed by atoms with Crippen LogP contribution < -0.4 is 4.74 Å². The van der Waals surface area contributed by atoms with Gasteiger partial charge in [0.2, 0.25) is 0 Å². The zero-order valence-corrected chi connectivity index (χ0v) is 9.24. The molecule has 0 spiro atoms. The van der Waals surface area contributed by atoms with Crippen LogP contribution in [0.4, 0.5) is 4.39 Å². The summed E-state index contributed by atoms with van der Waals surface area (Å²) in [6.45, 7) is 1.90. The number of ether oxygens (including phenoxy) is 1. The summed E-state index contributed by atoms with van der Waals surface area (Å²) in [6.07, 6.45) is 0. The van der Waals surface area contributed by atoms with Crippen LogP contribution in [0.15, 0.2) is 36.4 Å². The van der Waals surface area contributed by atoms with Gasteiger partial charge in [-0.05, 0) is 35.0 Å². The van der Waals surface area contributed by atoms with E-state index in [1.54, 1.807) is 0 Å². The Labute approximate surface area is 94.9 Å². The average molecular weight is 217 g/mol. The summed E-state index contributed by atoms with van der Waals surface area (Å²) in [5.41, 5.74) is 0. The van der Waals surface area contributed by atoms with E-state index in [-0.39, 0.29) is 12.6 Å². The molecule has 2 aromatic rings. The molecule has 1 nitrogen and oxygen atoms in total. The van der Waals surface area contributed by atoms with E-state index >= 15 is 0 Å². The highest BCUT2D eigenvalue weighted by atomic mass is 19.1. The van der Waals surface area contributed by atoms with E-state index in [0.717, 1.165) is 16.5 Å². The van der Waals surface area contributed by atoms with Crippen LogP contribution in [0.5, 0.6) is 5.75 Å². The van der Waals surface area contributed by atoms with Crippen molar-refractivity contribution in [2.45, 2.75) is 6.92 Å². The molecular weight excluding hydrogens is 203 g/mol. The van der Waals surface area contributed by atoms with Crippen LogP contribution >= 0.6 is 0 Å². The minimum absolute atomic E-state index is 0.0574. The third-order valence-corrected chi connectivity index (χ3v) is 2.45. The summed E-state index contributed by atoms with van der Waals surface area (Å²) in [7, 11) is 0. The van der Waals surface area contributed by atoms with Gasteiger partial charge in [-0.2, -0.15) is 0 Å². The second-order valence-corrected chi connectivity index (χ2v) is 4.01. The van der Waals surface area contributed by atoms with Crippen molar-refractivity contribution in [3.8, 4) is 5.75 Å². The lowest BCUT2D eigenvalue weighted by Gasteiger charge is -2.10. The summed E-state index contributed by atoms with van der Waals surface area (Å²) >= 11 is 0. The molecule has 0 N–H and O–H groups in total. The van der Waals surface area contributed by atoms with Crippen molar-refractivity contribution in [2.75, 3.05) is 13.3 Å². The Hall–Kier alpha value is -1.57. The van der Waals surface area contributed by atoms with Crippen molar-refractivity contribution in [3.05, 3.63) is 42.5 Å². The molecule has 0 aliphatic rings. The highest BCUT2D eigenvalue weighted by Gasteiger charge is 2.02. The SMILES string of the molecule is CC(CF)COc1ccc2cc[c]cc2c1. The maximum atomic E-state index is 12.3. The molecule has 0 amide bonds. The van der Waals surface area contributed by atoms with Gasteiger partial charge < -0.3 is 4.74 Å². The Morgan fingerprint density at radius 1 is 1.31 bits per heavy atom. The van der Waals surface area contributed by atoms with E-state index in [9.17, 15) is 4.39 Å². The number of halogens is 1. The first-order valence-electron chi connectivity index (χ1n) is 5.38. The molecule has 0 saturated heterocycles. The summed E-state index contributed by atoms with van der Waals surface area (Å²) in [5, 5.41) is 2.25. The minimum atomic E-state index is -0.346. The van der Waals surface area contributed by atoms with Crippen molar-refractivity contribution >= 4 is 10.8 Å². The summed E-state index contributed by atoms with van der Waals surface area (Å²) in [4.78, 5) is 0. The lowest BCUT2D eigenvalue weighted by atomic mass is 10.1. The molecule has 0 saturated carbocycles. The maximum Gasteiger partial charge on any atom is 0.119 e. The van der Waals surface area contributed by atoms with Gasteiger partial charge in [-0.1, -0.05) is 25.1 Å². The fourth-order valence-electron chi connectivity index (χ4n) is 1.48. The number of hydrogen-bond donors (Lipinski definition) is 0. The lowest BCUT2D eigenvalue weighted by molar-refractivity contribution is 0.229. The number of rotatable bonds is 4. The fourth-order valence-corrected chi connectivity index (χ4v) is 1.48. The molecular formula is C14H14FO. The Kier molecular flexibility index (Phi) is 3.40. The van der Waals surface area contributed by atoms with Crippen LogP contribution in [0.2, 0.25) is 0 Å². The summed E-state index contributed by atoms with van der Waals surface area (Å²) < 4.78 is 17.8. The van der Waals surface area contributed by atoms with Crippen molar-refractivity contribution in [1.29, 1.82) is 0 Å². The van der Waals surface area contributed by atoms with Gasteiger partial charge in [0.25, 0.3) is 0 Å². The number of alkyl halides is 1. The molecule has 2 aromatic carbocycles. The van der Waals surface area contributed by atoms with E-state index < -0.39 is 0 Å². The highest BCUT2D eigenvalue weighted by molar-refractivity contribution is 5.83. The molecule has 0 aliphatic heterocycles. The quantitative estimate of drug-likeness (QED) is 0.760. The molecule has 1 unspecified atom stereocenters. The minimum Gasteiger partial charge on any atom is -0.493 e. The average Bonchev–Trinajstić information content (AvgIpc) is 2.35. The Morgan fingerprint density at radius 2 is 2.19 bits per heavy atom. The largest absolute Gasteiger partial charge is 0.493 e. The predicted molar refractivity (Wildman–Crippen MR) is 63.4 cm³/mol. The van der Waals surface area contributed by atoms with Gasteiger partial charge >= 0.3 is 0 Å². The third kappa shape index (κ3) is 2.51. The normalized spacial score (nSPS) is 12.6. The van der Waals surface area contributed by atoms with E-state index in [0.29, 0.717) is 6.61 Å². The zero-order chi connectivity index (χ0) is 11.4. The first-order valence-corrected chi connectivity index (χ1v) is 5.38. The summed E-state index contributed by atoms with van der Waals surface area (Å²) in [5.74, 6) is 0.727. The topological polar surface area (TPSA) is 9.23 Å². The van der Waals surface area contributed by atoms with Gasteiger partial charge in [0.1, 0.15) is 5.75 Å². The van der Waals surface area contributed by atoms with Gasteiger partial charge in [-0.3, -0.25) is 4.39 Å². The smallest absolute Gasteiger partial charge is 0.119 e. The molecule has 83 valence electrons. The van der Waals surface area contributed by atoms with E-state index in [1.165, 1.54) is 0 Å². The van der Waals surface area contributed by atoms with Gasteiger partial charge in [-0.15, -0.1) is 0 Å². The van der Waals surface area contributed by atoms with Crippen LogP contribution in [0, 0.1) is 12.0 Å². The first-order chi connectivity index (χ1) is 7.79. The van der Waals surface area contributed by atoms with Gasteiger partial charge in [0.05, 0.1) is 13.3 Å².